The minimum atomic E-state index is -4.47. The highest BCUT2D eigenvalue weighted by Crippen LogP contribution is 2.40. The molecular formula is C21H18Cl4F3NOS. The Balaban J connectivity index is 2.71. The van der Waals surface area contributed by atoms with Gasteiger partial charge in [-0.1, -0.05) is 70.7 Å². The molecule has 0 heterocycles. The topological polar surface area (TPSA) is 29.1 Å². The molecule has 0 spiro atoms. The van der Waals surface area contributed by atoms with Crippen molar-refractivity contribution in [3.63, 3.8) is 0 Å². The van der Waals surface area contributed by atoms with Gasteiger partial charge in [0, 0.05) is 5.02 Å². The van der Waals surface area contributed by atoms with Crippen LogP contribution < -0.4 is 5.32 Å². The number of nitrogens with one attached hydrogen (secondary N) is 1. The van der Waals surface area contributed by atoms with Crippen molar-refractivity contribution in [2.24, 2.45) is 0 Å². The standard InChI is InChI=1S/C21H18Cl4F3NOS/c1-11(31-2)20(30)29-19(14-5-3-4-6-15(14)22)13(7-8-21(26,27)28)12-9-16(23)18(25)17(24)10-12/h3-7,9-11,19H,8H2,1-2H3,(H,29,30)/b13-7+. The number of allylic oxidation sites excluding steroid dienone is 1. The molecule has 2 atom stereocenters. The van der Waals surface area contributed by atoms with Crippen LogP contribution in [-0.2, 0) is 4.79 Å². The van der Waals surface area contributed by atoms with E-state index in [2.05, 4.69) is 5.32 Å². The van der Waals surface area contributed by atoms with Crippen LogP contribution in [0.3, 0.4) is 0 Å². The van der Waals surface area contributed by atoms with Gasteiger partial charge in [0.05, 0.1) is 32.8 Å². The van der Waals surface area contributed by atoms with Crippen LogP contribution in [0.4, 0.5) is 13.2 Å². The van der Waals surface area contributed by atoms with Crippen LogP contribution in [0.25, 0.3) is 5.57 Å². The van der Waals surface area contributed by atoms with E-state index >= 15 is 0 Å². The smallest absolute Gasteiger partial charge is 0.344 e. The molecular weight excluding hydrogens is 513 g/mol. The molecule has 0 fully saturated rings. The summed E-state index contributed by atoms with van der Waals surface area (Å²) in [6.07, 6.45) is -2.94. The summed E-state index contributed by atoms with van der Waals surface area (Å²) in [7, 11) is 0. The Bertz CT molecular complexity index is 958. The van der Waals surface area contributed by atoms with E-state index in [1.165, 1.54) is 23.9 Å². The van der Waals surface area contributed by atoms with Crippen LogP contribution in [0.2, 0.25) is 20.1 Å². The van der Waals surface area contributed by atoms with Crippen molar-refractivity contribution >= 4 is 69.6 Å². The molecule has 2 unspecified atom stereocenters. The van der Waals surface area contributed by atoms with Crippen molar-refractivity contribution < 1.29 is 18.0 Å². The van der Waals surface area contributed by atoms with E-state index in [0.717, 1.165) is 6.08 Å². The number of thioether (sulfide) groups is 1. The molecule has 2 aromatic rings. The fraction of sp³-hybridized carbons (Fsp3) is 0.286. The van der Waals surface area contributed by atoms with Gasteiger partial charge in [0.25, 0.3) is 0 Å². The van der Waals surface area contributed by atoms with E-state index in [9.17, 15) is 18.0 Å². The molecule has 10 heteroatoms. The van der Waals surface area contributed by atoms with Gasteiger partial charge in [-0.3, -0.25) is 4.79 Å². The monoisotopic (exact) mass is 529 g/mol. The third kappa shape index (κ3) is 7.22. The molecule has 0 radical (unpaired) electrons. The number of benzene rings is 2. The maximum atomic E-state index is 13.1. The van der Waals surface area contributed by atoms with Crippen LogP contribution in [-0.4, -0.2) is 23.6 Å². The van der Waals surface area contributed by atoms with Crippen molar-refractivity contribution in [3.05, 3.63) is 73.7 Å². The van der Waals surface area contributed by atoms with Gasteiger partial charge in [0.1, 0.15) is 0 Å². The maximum Gasteiger partial charge on any atom is 0.392 e. The lowest BCUT2D eigenvalue weighted by Crippen LogP contribution is -2.35. The molecule has 0 bridgehead atoms. The predicted octanol–water partition coefficient (Wildman–Crippen LogP) is 8.25. The number of amides is 1. The molecule has 1 N–H and O–H groups in total. The fourth-order valence-corrected chi connectivity index (χ4v) is 3.87. The van der Waals surface area contributed by atoms with Crippen LogP contribution in [0.15, 0.2) is 42.5 Å². The summed E-state index contributed by atoms with van der Waals surface area (Å²) in [6.45, 7) is 1.69. The Labute approximate surface area is 203 Å². The van der Waals surface area contributed by atoms with Gasteiger partial charge in [-0.2, -0.15) is 24.9 Å². The summed E-state index contributed by atoms with van der Waals surface area (Å²) in [5, 5.41) is 2.89. The van der Waals surface area contributed by atoms with E-state index < -0.39 is 23.9 Å². The Hall–Kier alpha value is -1.05. The minimum absolute atomic E-state index is 0.0730. The van der Waals surface area contributed by atoms with Crippen LogP contribution in [0, 0.1) is 0 Å². The van der Waals surface area contributed by atoms with Crippen LogP contribution in [0.5, 0.6) is 0 Å². The third-order valence-corrected chi connectivity index (χ3v) is 6.87. The van der Waals surface area contributed by atoms with Crippen molar-refractivity contribution in [3.8, 4) is 0 Å². The lowest BCUT2D eigenvalue weighted by molar-refractivity contribution is -0.125. The zero-order chi connectivity index (χ0) is 23.3. The molecule has 0 aliphatic rings. The van der Waals surface area contributed by atoms with Crippen molar-refractivity contribution in [1.82, 2.24) is 5.32 Å². The highest BCUT2D eigenvalue weighted by molar-refractivity contribution is 7.99. The first-order valence-corrected chi connectivity index (χ1v) is 11.7. The summed E-state index contributed by atoms with van der Waals surface area (Å²) >= 11 is 25.9. The number of halogens is 7. The minimum Gasteiger partial charge on any atom is -0.344 e. The van der Waals surface area contributed by atoms with Gasteiger partial charge in [-0.15, -0.1) is 0 Å². The van der Waals surface area contributed by atoms with Crippen molar-refractivity contribution in [2.45, 2.75) is 30.8 Å². The Morgan fingerprint density at radius 2 is 1.68 bits per heavy atom. The number of alkyl halides is 3. The van der Waals surface area contributed by atoms with Gasteiger partial charge in [-0.05, 0) is 48.1 Å². The SMILES string of the molecule is CSC(C)C(=O)NC(/C(=C/CC(F)(F)F)c1cc(Cl)c(Cl)c(Cl)c1)c1ccccc1Cl. The normalized spacial score (nSPS) is 14.3. The second kappa shape index (κ2) is 11.2. The predicted molar refractivity (Wildman–Crippen MR) is 125 cm³/mol. The quantitative estimate of drug-likeness (QED) is 0.365. The molecule has 0 saturated carbocycles. The Morgan fingerprint density at radius 1 is 1.10 bits per heavy atom. The lowest BCUT2D eigenvalue weighted by atomic mass is 9.91. The summed E-state index contributed by atoms with van der Waals surface area (Å²) in [6, 6.07) is 8.44. The number of rotatable bonds is 7. The lowest BCUT2D eigenvalue weighted by Gasteiger charge is -2.26. The van der Waals surface area contributed by atoms with E-state index in [1.807, 2.05) is 0 Å². The summed E-state index contributed by atoms with van der Waals surface area (Å²) in [5.74, 6) is -0.360. The Morgan fingerprint density at radius 3 is 2.19 bits per heavy atom. The largest absolute Gasteiger partial charge is 0.392 e. The van der Waals surface area contributed by atoms with E-state index in [4.69, 9.17) is 46.4 Å². The summed E-state index contributed by atoms with van der Waals surface area (Å²) in [4.78, 5) is 12.7. The van der Waals surface area contributed by atoms with Crippen LogP contribution >= 0.6 is 58.2 Å². The zero-order valence-electron chi connectivity index (χ0n) is 16.4. The average molecular weight is 531 g/mol. The molecule has 31 heavy (non-hydrogen) atoms. The molecule has 0 aliphatic carbocycles. The molecule has 2 nitrogen and oxygen atoms in total. The van der Waals surface area contributed by atoms with Crippen LogP contribution in [0.1, 0.15) is 30.5 Å². The average Bonchev–Trinajstić information content (AvgIpc) is 2.70. The number of carbonyl (C=O) groups excluding carboxylic acids is 1. The molecule has 2 rings (SSSR count). The molecule has 0 aliphatic heterocycles. The van der Waals surface area contributed by atoms with E-state index in [1.54, 1.807) is 37.4 Å². The highest BCUT2D eigenvalue weighted by Gasteiger charge is 2.29. The maximum absolute atomic E-state index is 13.1. The summed E-state index contributed by atoms with van der Waals surface area (Å²) < 4.78 is 39.3. The first-order chi connectivity index (χ1) is 14.4. The van der Waals surface area contributed by atoms with Gasteiger partial charge >= 0.3 is 6.18 Å². The zero-order valence-corrected chi connectivity index (χ0v) is 20.2. The van der Waals surface area contributed by atoms with Crippen molar-refractivity contribution in [2.75, 3.05) is 6.26 Å². The molecule has 168 valence electrons. The molecule has 0 saturated heterocycles. The molecule has 1 amide bonds. The summed E-state index contributed by atoms with van der Waals surface area (Å²) in [5.41, 5.74) is 0.861. The van der Waals surface area contributed by atoms with E-state index in [-0.39, 0.29) is 37.1 Å². The second-order valence-corrected chi connectivity index (χ2v) is 9.35. The van der Waals surface area contributed by atoms with Crippen molar-refractivity contribution in [1.29, 1.82) is 0 Å². The number of hydrogen-bond donors (Lipinski definition) is 1. The van der Waals surface area contributed by atoms with Gasteiger partial charge < -0.3 is 5.32 Å². The number of hydrogen-bond acceptors (Lipinski definition) is 2. The fourth-order valence-electron chi connectivity index (χ4n) is 2.75. The second-order valence-electron chi connectivity index (χ2n) is 6.57. The van der Waals surface area contributed by atoms with Gasteiger partial charge in [0.2, 0.25) is 5.91 Å². The Kier molecular flexibility index (Phi) is 9.46. The van der Waals surface area contributed by atoms with Gasteiger partial charge in [-0.25, -0.2) is 0 Å². The molecule has 2 aromatic carbocycles. The first kappa shape index (κ1) is 26.2. The van der Waals surface area contributed by atoms with E-state index in [0.29, 0.717) is 5.56 Å². The third-order valence-electron chi connectivity index (χ3n) is 4.41. The number of carbonyl (C=O) groups is 1. The van der Waals surface area contributed by atoms with Gasteiger partial charge in [0.15, 0.2) is 0 Å². The highest BCUT2D eigenvalue weighted by atomic mass is 35.5. The molecule has 0 aromatic heterocycles. The first-order valence-electron chi connectivity index (χ1n) is 8.94.